The summed E-state index contributed by atoms with van der Waals surface area (Å²) in [5.74, 6) is 0. The second kappa shape index (κ2) is 2.96. The third-order valence-electron chi connectivity index (χ3n) is 1.42. The number of anilines is 1. The number of nitrogens with two attached hydrogens (primary N) is 1. The van der Waals surface area contributed by atoms with Crippen LogP contribution in [0.4, 0.5) is 11.4 Å². The number of rotatable bonds is 2. The van der Waals surface area contributed by atoms with Crippen molar-refractivity contribution in [1.29, 1.82) is 0 Å². The zero-order chi connectivity index (χ0) is 8.27. The fourth-order valence-corrected chi connectivity index (χ4v) is 0.872. The third kappa shape index (κ3) is 1.26. The van der Waals surface area contributed by atoms with Crippen LogP contribution in [0.2, 0.25) is 0 Å². The topological polar surface area (TPSA) is 55.4 Å². The van der Waals surface area contributed by atoms with Crippen molar-refractivity contribution in [3.05, 3.63) is 35.2 Å². The molecule has 0 atom stereocenters. The highest BCUT2D eigenvalue weighted by Gasteiger charge is 2.00. The molecule has 0 saturated heterocycles. The van der Waals surface area contributed by atoms with Crippen LogP contribution in [-0.4, -0.2) is 0 Å². The predicted molar refractivity (Wildman–Crippen MR) is 46.4 cm³/mol. The van der Waals surface area contributed by atoms with E-state index in [2.05, 4.69) is 11.8 Å². The van der Waals surface area contributed by atoms with E-state index in [9.17, 15) is 4.91 Å². The molecule has 0 aliphatic rings. The van der Waals surface area contributed by atoms with Gasteiger partial charge in [0, 0.05) is 11.3 Å². The molecule has 0 heterocycles. The average molecular weight is 148 g/mol. The molecule has 3 heteroatoms. The summed E-state index contributed by atoms with van der Waals surface area (Å²) < 4.78 is 0. The number of hydrogen-bond acceptors (Lipinski definition) is 3. The van der Waals surface area contributed by atoms with Gasteiger partial charge in [-0.25, -0.2) is 0 Å². The monoisotopic (exact) mass is 148 g/mol. The summed E-state index contributed by atoms with van der Waals surface area (Å²) in [6, 6.07) is 4.98. The molecule has 0 unspecified atom stereocenters. The van der Waals surface area contributed by atoms with E-state index in [4.69, 9.17) is 5.73 Å². The molecule has 0 aromatic heterocycles. The lowest BCUT2D eigenvalue weighted by Crippen LogP contribution is -1.87. The molecule has 11 heavy (non-hydrogen) atoms. The Balaban J connectivity index is 3.35. The number of hydrogen-bond donors (Lipinski definition) is 1. The van der Waals surface area contributed by atoms with Gasteiger partial charge in [-0.2, -0.15) is 0 Å². The summed E-state index contributed by atoms with van der Waals surface area (Å²) in [6.07, 6.45) is 1.52. The van der Waals surface area contributed by atoms with Crippen LogP contribution in [-0.2, 0) is 0 Å². The zero-order valence-corrected chi connectivity index (χ0v) is 5.95. The largest absolute Gasteiger partial charge is 0.398 e. The predicted octanol–water partition coefficient (Wildman–Crippen LogP) is 2.31. The number of benzene rings is 1. The first-order chi connectivity index (χ1) is 5.29. The second-order valence-corrected chi connectivity index (χ2v) is 2.08. The molecule has 3 nitrogen and oxygen atoms in total. The highest BCUT2D eigenvalue weighted by molar-refractivity contribution is 5.73. The maximum absolute atomic E-state index is 10.2. The lowest BCUT2D eigenvalue weighted by molar-refractivity contribution is 1.48. The van der Waals surface area contributed by atoms with Gasteiger partial charge in [0.2, 0.25) is 0 Å². The highest BCUT2D eigenvalue weighted by Crippen LogP contribution is 2.24. The van der Waals surface area contributed by atoms with E-state index in [1.54, 1.807) is 18.2 Å². The van der Waals surface area contributed by atoms with E-state index in [-0.39, 0.29) is 0 Å². The van der Waals surface area contributed by atoms with Gasteiger partial charge in [0.15, 0.2) is 0 Å². The Labute approximate surface area is 64.5 Å². The van der Waals surface area contributed by atoms with Crippen molar-refractivity contribution in [1.82, 2.24) is 0 Å². The fourth-order valence-electron chi connectivity index (χ4n) is 0.872. The van der Waals surface area contributed by atoms with Gasteiger partial charge in [-0.05, 0) is 17.3 Å². The van der Waals surface area contributed by atoms with E-state index in [1.165, 1.54) is 6.08 Å². The van der Waals surface area contributed by atoms with Gasteiger partial charge >= 0.3 is 0 Å². The van der Waals surface area contributed by atoms with Gasteiger partial charge in [0.1, 0.15) is 5.69 Å². The van der Waals surface area contributed by atoms with Crippen molar-refractivity contribution in [2.24, 2.45) is 5.18 Å². The summed E-state index contributed by atoms with van der Waals surface area (Å²) in [4.78, 5) is 10.2. The smallest absolute Gasteiger partial charge is 0.117 e. The molecule has 1 rings (SSSR count). The molecule has 1 aromatic carbocycles. The Bertz CT molecular complexity index is 294. The van der Waals surface area contributed by atoms with Gasteiger partial charge in [0.05, 0.1) is 0 Å². The standard InChI is InChI=1S/C8H8N2O/c1-2-6-7(9)4-3-5-8(6)10-11/h2-5H,1,9H2. The third-order valence-corrected chi connectivity index (χ3v) is 1.42. The van der Waals surface area contributed by atoms with E-state index in [1.807, 2.05) is 0 Å². The fraction of sp³-hybridized carbons (Fsp3) is 0. The molecule has 2 N–H and O–H groups in total. The first-order valence-electron chi connectivity index (χ1n) is 3.14. The van der Waals surface area contributed by atoms with E-state index in [0.717, 1.165) is 0 Å². The van der Waals surface area contributed by atoms with Crippen molar-refractivity contribution in [3.8, 4) is 0 Å². The molecule has 0 fully saturated rings. The van der Waals surface area contributed by atoms with Gasteiger partial charge in [-0.3, -0.25) is 0 Å². The summed E-state index contributed by atoms with van der Waals surface area (Å²) in [7, 11) is 0. The SMILES string of the molecule is C=Cc1c(N)cccc1N=O. The molecule has 0 spiro atoms. The minimum absolute atomic E-state index is 0.333. The lowest BCUT2D eigenvalue weighted by atomic mass is 10.1. The molecule has 1 aromatic rings. The maximum Gasteiger partial charge on any atom is 0.117 e. The molecule has 0 aliphatic heterocycles. The molecule has 56 valence electrons. The van der Waals surface area contributed by atoms with Crippen molar-refractivity contribution in [2.75, 3.05) is 5.73 Å². The van der Waals surface area contributed by atoms with E-state index >= 15 is 0 Å². The van der Waals surface area contributed by atoms with Crippen molar-refractivity contribution >= 4 is 17.5 Å². The minimum atomic E-state index is 0.333. The highest BCUT2D eigenvalue weighted by atomic mass is 16.3. The van der Waals surface area contributed by atoms with Crippen LogP contribution >= 0.6 is 0 Å². The molecule has 0 aliphatic carbocycles. The maximum atomic E-state index is 10.2. The minimum Gasteiger partial charge on any atom is -0.398 e. The van der Waals surface area contributed by atoms with Crippen LogP contribution in [0.15, 0.2) is 30.0 Å². The summed E-state index contributed by atoms with van der Waals surface area (Å²) >= 11 is 0. The number of nitrogen functional groups attached to an aromatic ring is 1. The van der Waals surface area contributed by atoms with Crippen LogP contribution in [0.3, 0.4) is 0 Å². The lowest BCUT2D eigenvalue weighted by Gasteiger charge is -1.99. The van der Waals surface area contributed by atoms with E-state index < -0.39 is 0 Å². The Hall–Kier alpha value is -1.64. The first kappa shape index (κ1) is 7.47. The van der Waals surface area contributed by atoms with Gasteiger partial charge in [0.25, 0.3) is 0 Å². The van der Waals surface area contributed by atoms with Crippen molar-refractivity contribution < 1.29 is 0 Å². The van der Waals surface area contributed by atoms with Crippen LogP contribution in [0.25, 0.3) is 6.08 Å². The number of nitrogens with zero attached hydrogens (tertiary/aromatic N) is 1. The second-order valence-electron chi connectivity index (χ2n) is 2.08. The summed E-state index contributed by atoms with van der Waals surface area (Å²) in [5.41, 5.74) is 7.00. The molecule has 0 amide bonds. The molecule has 0 saturated carbocycles. The van der Waals surface area contributed by atoms with Crippen LogP contribution in [0.5, 0.6) is 0 Å². The van der Waals surface area contributed by atoms with Crippen LogP contribution < -0.4 is 5.73 Å². The van der Waals surface area contributed by atoms with Crippen molar-refractivity contribution in [2.45, 2.75) is 0 Å². The Morgan fingerprint density at radius 3 is 2.73 bits per heavy atom. The number of nitroso groups, excluding NO2 is 1. The Morgan fingerprint density at radius 2 is 2.27 bits per heavy atom. The molecular formula is C8H8N2O. The van der Waals surface area contributed by atoms with Gasteiger partial charge < -0.3 is 5.73 Å². The van der Waals surface area contributed by atoms with E-state index in [0.29, 0.717) is 16.9 Å². The van der Waals surface area contributed by atoms with Crippen LogP contribution in [0, 0.1) is 4.91 Å². The van der Waals surface area contributed by atoms with Gasteiger partial charge in [-0.1, -0.05) is 18.7 Å². The van der Waals surface area contributed by atoms with Crippen LogP contribution in [0.1, 0.15) is 5.56 Å². The Morgan fingerprint density at radius 1 is 1.55 bits per heavy atom. The van der Waals surface area contributed by atoms with Crippen molar-refractivity contribution in [3.63, 3.8) is 0 Å². The summed E-state index contributed by atoms with van der Waals surface area (Å²) in [5, 5.41) is 2.80. The average Bonchev–Trinajstić information content (AvgIpc) is 2.04. The molecule has 0 radical (unpaired) electrons. The quantitative estimate of drug-likeness (QED) is 0.516. The first-order valence-corrected chi connectivity index (χ1v) is 3.14. The zero-order valence-electron chi connectivity index (χ0n) is 5.95. The molecular weight excluding hydrogens is 140 g/mol. The summed E-state index contributed by atoms with van der Waals surface area (Å²) in [6.45, 7) is 3.52. The van der Waals surface area contributed by atoms with Gasteiger partial charge in [-0.15, -0.1) is 4.91 Å². The molecule has 0 bridgehead atoms. The normalized spacial score (nSPS) is 9.09. The Kier molecular flexibility index (Phi) is 2.01.